The monoisotopic (exact) mass is 272 g/mol. The van der Waals surface area contributed by atoms with Crippen molar-refractivity contribution in [3.8, 4) is 0 Å². The topological polar surface area (TPSA) is 25.2 Å². The van der Waals surface area contributed by atoms with Crippen LogP contribution in [0.5, 0.6) is 0 Å². The summed E-state index contributed by atoms with van der Waals surface area (Å²) in [6.45, 7) is 0. The Morgan fingerprint density at radius 2 is 1.83 bits per heavy atom. The summed E-state index contributed by atoms with van der Waals surface area (Å²) in [6.07, 6.45) is 3.68. The van der Waals surface area contributed by atoms with Gasteiger partial charge >= 0.3 is 0 Å². The van der Waals surface area contributed by atoms with E-state index in [-0.39, 0.29) is 0 Å². The number of hydrogen-bond donors (Lipinski definition) is 0. The van der Waals surface area contributed by atoms with E-state index in [0.717, 1.165) is 21.9 Å². The highest BCUT2D eigenvalue weighted by Gasteiger charge is 2.14. The van der Waals surface area contributed by atoms with Gasteiger partial charge < -0.3 is 0 Å². The van der Waals surface area contributed by atoms with E-state index < -0.39 is 0 Å². The molecule has 88 valence electrons. The largest absolute Gasteiger partial charge is 0.255 e. The van der Waals surface area contributed by atoms with Gasteiger partial charge in [0, 0.05) is 23.0 Å². The van der Waals surface area contributed by atoms with Gasteiger partial charge in [-0.1, -0.05) is 35.9 Å². The van der Waals surface area contributed by atoms with E-state index in [2.05, 4.69) is 9.38 Å². The average Bonchev–Trinajstić information content (AvgIpc) is 2.58. The summed E-state index contributed by atoms with van der Waals surface area (Å²) in [7, 11) is 0. The molecule has 2 heterocycles. The molecule has 0 radical (unpaired) electrons. The summed E-state index contributed by atoms with van der Waals surface area (Å²) < 4.78 is 4.49. The van der Waals surface area contributed by atoms with Gasteiger partial charge in [-0.2, -0.15) is 0 Å². The molecule has 0 bridgehead atoms. The molecule has 0 spiro atoms. The van der Waals surface area contributed by atoms with Gasteiger partial charge in [-0.25, -0.2) is 4.40 Å². The predicted octanol–water partition coefficient (Wildman–Crippen LogP) is 4.17. The third-order valence-corrected chi connectivity index (χ3v) is 3.70. The highest BCUT2D eigenvalue weighted by atomic mass is 35.5. The predicted molar refractivity (Wildman–Crippen MR) is 76.9 cm³/mol. The second-order valence-corrected chi connectivity index (χ2v) is 4.99. The first kappa shape index (κ1) is 11.5. The number of rotatable bonds is 1. The van der Waals surface area contributed by atoms with Crippen molar-refractivity contribution < 1.29 is 0 Å². The molecule has 4 heteroatoms. The number of nitrogens with zero attached hydrogens (tertiary/aromatic N) is 2. The van der Waals surface area contributed by atoms with E-state index in [1.807, 2.05) is 48.5 Å². The van der Waals surface area contributed by atoms with Crippen LogP contribution in [0.25, 0.3) is 6.08 Å². The normalized spacial score (nSPS) is 14.3. The van der Waals surface area contributed by atoms with Gasteiger partial charge in [-0.3, -0.25) is 4.98 Å². The lowest BCUT2D eigenvalue weighted by molar-refractivity contribution is 1.29. The molecule has 0 amide bonds. The number of benzene rings is 1. The summed E-state index contributed by atoms with van der Waals surface area (Å²) in [4.78, 5) is 5.39. The van der Waals surface area contributed by atoms with Crippen LogP contribution in [0.3, 0.4) is 0 Å². The SMILES string of the molecule is ClC1=Cc2ccccc2SN=C1c1ccccn1. The lowest BCUT2D eigenvalue weighted by atomic mass is 10.1. The first-order chi connectivity index (χ1) is 8.84. The van der Waals surface area contributed by atoms with Gasteiger partial charge in [0.15, 0.2) is 0 Å². The van der Waals surface area contributed by atoms with Crippen LogP contribution in [0.15, 0.2) is 63.0 Å². The van der Waals surface area contributed by atoms with Crippen molar-refractivity contribution >= 4 is 35.3 Å². The Morgan fingerprint density at radius 3 is 2.67 bits per heavy atom. The number of allylic oxidation sites excluding steroid dienone is 1. The van der Waals surface area contributed by atoms with Crippen LogP contribution in [0, 0.1) is 0 Å². The smallest absolute Gasteiger partial charge is 0.116 e. The molecule has 0 unspecified atom stereocenters. The molecule has 0 fully saturated rings. The molecule has 1 aromatic carbocycles. The third-order valence-electron chi connectivity index (χ3n) is 2.57. The third kappa shape index (κ3) is 2.19. The minimum atomic E-state index is 0.617. The van der Waals surface area contributed by atoms with Crippen LogP contribution < -0.4 is 0 Å². The number of aromatic nitrogens is 1. The minimum Gasteiger partial charge on any atom is -0.255 e. The van der Waals surface area contributed by atoms with Crippen molar-refractivity contribution in [2.24, 2.45) is 4.40 Å². The van der Waals surface area contributed by atoms with Crippen molar-refractivity contribution in [2.75, 3.05) is 0 Å². The van der Waals surface area contributed by atoms with Crippen molar-refractivity contribution in [3.63, 3.8) is 0 Å². The Labute approximate surface area is 115 Å². The Kier molecular flexibility index (Phi) is 3.17. The molecule has 0 N–H and O–H groups in total. The van der Waals surface area contributed by atoms with E-state index in [1.165, 1.54) is 11.9 Å². The van der Waals surface area contributed by atoms with Crippen molar-refractivity contribution in [1.29, 1.82) is 0 Å². The van der Waals surface area contributed by atoms with E-state index >= 15 is 0 Å². The van der Waals surface area contributed by atoms with Gasteiger partial charge in [0.25, 0.3) is 0 Å². The number of pyridine rings is 1. The number of hydrogen-bond acceptors (Lipinski definition) is 3. The molecule has 0 saturated carbocycles. The van der Waals surface area contributed by atoms with Gasteiger partial charge in [0.1, 0.15) is 5.71 Å². The number of fused-ring (bicyclic) bond motifs is 1. The van der Waals surface area contributed by atoms with Gasteiger partial charge in [-0.05, 0) is 29.8 Å². The summed E-state index contributed by atoms with van der Waals surface area (Å²) in [6, 6.07) is 13.8. The summed E-state index contributed by atoms with van der Waals surface area (Å²) in [5, 5.41) is 0.617. The second-order valence-electron chi connectivity index (χ2n) is 3.78. The molecular weight excluding hydrogens is 264 g/mol. The molecule has 2 nitrogen and oxygen atoms in total. The molecule has 0 atom stereocenters. The van der Waals surface area contributed by atoms with Crippen molar-refractivity contribution in [3.05, 3.63) is 65.0 Å². The van der Waals surface area contributed by atoms with Crippen LogP contribution in [0.2, 0.25) is 0 Å². The Bertz CT molecular complexity index is 635. The van der Waals surface area contributed by atoms with Crippen LogP contribution in [0.1, 0.15) is 11.3 Å². The molecule has 2 aromatic rings. The maximum atomic E-state index is 6.33. The van der Waals surface area contributed by atoms with Gasteiger partial charge in [0.05, 0.1) is 10.7 Å². The molecule has 3 rings (SSSR count). The van der Waals surface area contributed by atoms with E-state index in [0.29, 0.717) is 5.03 Å². The molecule has 1 aliphatic rings. The quantitative estimate of drug-likeness (QED) is 0.728. The Hall–Kier alpha value is -1.58. The molecule has 18 heavy (non-hydrogen) atoms. The van der Waals surface area contributed by atoms with Crippen LogP contribution >= 0.6 is 23.5 Å². The van der Waals surface area contributed by atoms with E-state index in [1.54, 1.807) is 6.20 Å². The fourth-order valence-electron chi connectivity index (χ4n) is 1.70. The maximum absolute atomic E-state index is 6.33. The zero-order valence-electron chi connectivity index (χ0n) is 9.38. The Balaban J connectivity index is 2.08. The average molecular weight is 273 g/mol. The van der Waals surface area contributed by atoms with Crippen molar-refractivity contribution in [1.82, 2.24) is 4.98 Å². The van der Waals surface area contributed by atoms with E-state index in [4.69, 9.17) is 11.6 Å². The van der Waals surface area contributed by atoms with Crippen LogP contribution in [-0.4, -0.2) is 10.7 Å². The fourth-order valence-corrected chi connectivity index (χ4v) is 2.76. The summed E-state index contributed by atoms with van der Waals surface area (Å²) in [5.74, 6) is 0. The zero-order chi connectivity index (χ0) is 12.4. The molecular formula is C14H9ClN2S. The molecule has 0 saturated heterocycles. The lowest BCUT2D eigenvalue weighted by Crippen LogP contribution is -2.02. The van der Waals surface area contributed by atoms with E-state index in [9.17, 15) is 0 Å². The zero-order valence-corrected chi connectivity index (χ0v) is 10.9. The van der Waals surface area contributed by atoms with Gasteiger partial charge in [-0.15, -0.1) is 0 Å². The lowest BCUT2D eigenvalue weighted by Gasteiger charge is -2.01. The summed E-state index contributed by atoms with van der Waals surface area (Å²) in [5.41, 5.74) is 2.60. The molecule has 1 aliphatic heterocycles. The highest BCUT2D eigenvalue weighted by molar-refractivity contribution is 7.98. The van der Waals surface area contributed by atoms with Gasteiger partial charge in [0.2, 0.25) is 0 Å². The maximum Gasteiger partial charge on any atom is 0.116 e. The van der Waals surface area contributed by atoms with Crippen LogP contribution in [0.4, 0.5) is 0 Å². The van der Waals surface area contributed by atoms with Crippen LogP contribution in [-0.2, 0) is 0 Å². The minimum absolute atomic E-state index is 0.617. The second kappa shape index (κ2) is 4.96. The first-order valence-corrected chi connectivity index (χ1v) is 6.63. The fraction of sp³-hybridized carbons (Fsp3) is 0. The molecule has 1 aromatic heterocycles. The molecule has 0 aliphatic carbocycles. The highest BCUT2D eigenvalue weighted by Crippen LogP contribution is 2.31. The first-order valence-electron chi connectivity index (χ1n) is 5.47. The Morgan fingerprint density at radius 1 is 1.00 bits per heavy atom. The van der Waals surface area contributed by atoms with Crippen molar-refractivity contribution in [2.45, 2.75) is 4.90 Å². The standard InChI is InChI=1S/C14H9ClN2S/c15-11-9-10-5-1-2-7-13(10)18-17-14(11)12-6-3-4-8-16-12/h1-9H. The summed E-state index contributed by atoms with van der Waals surface area (Å²) >= 11 is 7.75. The number of halogens is 1.